The highest BCUT2D eigenvalue weighted by atomic mass is 16.5. The predicted molar refractivity (Wildman–Crippen MR) is 101 cm³/mol. The number of nitrogens with one attached hydrogen (secondary N) is 1. The van der Waals surface area contributed by atoms with Gasteiger partial charge in [-0.2, -0.15) is 0 Å². The van der Waals surface area contributed by atoms with Crippen LogP contribution in [0.25, 0.3) is 22.4 Å². The van der Waals surface area contributed by atoms with Crippen molar-refractivity contribution in [1.29, 1.82) is 0 Å². The summed E-state index contributed by atoms with van der Waals surface area (Å²) in [5.41, 5.74) is 3.65. The van der Waals surface area contributed by atoms with Gasteiger partial charge in [0.1, 0.15) is 0 Å². The number of rotatable bonds is 5. The molecular weight excluding hydrogens is 330 g/mol. The number of benzene rings is 2. The minimum Gasteiger partial charge on any atom is -0.504 e. The lowest BCUT2D eigenvalue weighted by atomic mass is 10.00. The van der Waals surface area contributed by atoms with E-state index in [9.17, 15) is 15.0 Å². The lowest BCUT2D eigenvalue weighted by Gasteiger charge is -2.11. The number of hydrogen-bond acceptors (Lipinski definition) is 4. The van der Waals surface area contributed by atoms with Gasteiger partial charge < -0.3 is 19.9 Å². The Hall–Kier alpha value is -3.05. The van der Waals surface area contributed by atoms with E-state index >= 15 is 0 Å². The number of phenols is 1. The highest BCUT2D eigenvalue weighted by Crippen LogP contribution is 2.32. The number of pyridine rings is 1. The molecule has 3 rings (SSSR count). The molecule has 0 bridgehead atoms. The van der Waals surface area contributed by atoms with Crippen LogP contribution >= 0.6 is 0 Å². The molecule has 0 aliphatic carbocycles. The normalized spacial score (nSPS) is 12.0. The third kappa shape index (κ3) is 3.63. The smallest absolute Gasteiger partial charge is 0.249 e. The van der Waals surface area contributed by atoms with E-state index in [1.54, 1.807) is 12.1 Å². The van der Waals surface area contributed by atoms with Crippen molar-refractivity contribution in [2.75, 3.05) is 7.11 Å². The van der Waals surface area contributed by atoms with Crippen LogP contribution in [0.4, 0.5) is 0 Å². The first-order chi connectivity index (χ1) is 12.5. The third-order valence-electron chi connectivity index (χ3n) is 4.35. The standard InChI is InChI=1S/C21H21NO4/c1-3-18(23)14-6-4-13(5-7-14)16-10-17(22-21(25)12-16)15-8-9-19(24)20(11-15)26-2/h4-12,18,23-24H,3H2,1-2H3,(H,22,25). The molecule has 0 saturated heterocycles. The number of aliphatic hydroxyl groups is 1. The highest BCUT2D eigenvalue weighted by molar-refractivity contribution is 5.71. The number of aliphatic hydroxyl groups excluding tert-OH is 1. The Kier molecular flexibility index (Phi) is 5.09. The van der Waals surface area contributed by atoms with E-state index in [0.29, 0.717) is 17.9 Å². The third-order valence-corrected chi connectivity index (χ3v) is 4.35. The quantitative estimate of drug-likeness (QED) is 0.652. The van der Waals surface area contributed by atoms with Gasteiger partial charge in [0, 0.05) is 17.3 Å². The van der Waals surface area contributed by atoms with E-state index in [-0.39, 0.29) is 11.3 Å². The van der Waals surface area contributed by atoms with Gasteiger partial charge in [0.15, 0.2) is 11.5 Å². The zero-order chi connectivity index (χ0) is 18.7. The van der Waals surface area contributed by atoms with Crippen LogP contribution in [0.15, 0.2) is 59.4 Å². The van der Waals surface area contributed by atoms with Crippen molar-refractivity contribution in [2.24, 2.45) is 0 Å². The number of phenolic OH excluding ortho intramolecular Hbond substituents is 1. The molecule has 2 aromatic carbocycles. The number of methoxy groups -OCH3 is 1. The molecule has 1 unspecified atom stereocenters. The molecule has 0 aliphatic rings. The fourth-order valence-corrected chi connectivity index (χ4v) is 2.84. The Bertz CT molecular complexity index is 960. The fraction of sp³-hybridized carbons (Fsp3) is 0.190. The van der Waals surface area contributed by atoms with Gasteiger partial charge in [-0.05, 0) is 47.4 Å². The Morgan fingerprint density at radius 2 is 1.69 bits per heavy atom. The largest absolute Gasteiger partial charge is 0.504 e. The van der Waals surface area contributed by atoms with Crippen molar-refractivity contribution in [3.63, 3.8) is 0 Å². The van der Waals surface area contributed by atoms with Crippen molar-refractivity contribution in [1.82, 2.24) is 4.98 Å². The van der Waals surface area contributed by atoms with Crippen LogP contribution in [0.1, 0.15) is 25.0 Å². The molecule has 3 N–H and O–H groups in total. The summed E-state index contributed by atoms with van der Waals surface area (Å²) in [7, 11) is 1.48. The van der Waals surface area contributed by atoms with Gasteiger partial charge in [-0.3, -0.25) is 4.79 Å². The molecule has 0 spiro atoms. The second-order valence-corrected chi connectivity index (χ2v) is 6.08. The summed E-state index contributed by atoms with van der Waals surface area (Å²) in [5, 5.41) is 19.7. The molecule has 3 aromatic rings. The molecule has 1 aromatic heterocycles. The van der Waals surface area contributed by atoms with E-state index in [1.807, 2.05) is 37.3 Å². The van der Waals surface area contributed by atoms with E-state index in [1.165, 1.54) is 19.2 Å². The Balaban J connectivity index is 2.02. The van der Waals surface area contributed by atoms with Crippen LogP contribution in [-0.4, -0.2) is 22.3 Å². The molecule has 5 nitrogen and oxygen atoms in total. The average Bonchev–Trinajstić information content (AvgIpc) is 2.67. The number of hydrogen-bond donors (Lipinski definition) is 3. The number of H-pyrrole nitrogens is 1. The van der Waals surface area contributed by atoms with Crippen molar-refractivity contribution in [3.8, 4) is 33.9 Å². The zero-order valence-corrected chi connectivity index (χ0v) is 14.7. The van der Waals surface area contributed by atoms with E-state index in [4.69, 9.17) is 4.74 Å². The zero-order valence-electron chi connectivity index (χ0n) is 14.7. The second-order valence-electron chi connectivity index (χ2n) is 6.08. The van der Waals surface area contributed by atoms with E-state index in [2.05, 4.69) is 4.98 Å². The highest BCUT2D eigenvalue weighted by Gasteiger charge is 2.09. The first-order valence-electron chi connectivity index (χ1n) is 8.42. The summed E-state index contributed by atoms with van der Waals surface area (Å²) in [4.78, 5) is 14.9. The van der Waals surface area contributed by atoms with Gasteiger partial charge in [-0.25, -0.2) is 0 Å². The van der Waals surface area contributed by atoms with Gasteiger partial charge in [-0.15, -0.1) is 0 Å². The van der Waals surface area contributed by atoms with Gasteiger partial charge >= 0.3 is 0 Å². The van der Waals surface area contributed by atoms with Crippen LogP contribution in [-0.2, 0) is 0 Å². The van der Waals surface area contributed by atoms with Crippen molar-refractivity contribution in [3.05, 3.63) is 70.5 Å². The molecule has 0 fully saturated rings. The maximum atomic E-state index is 12.1. The molecule has 0 saturated carbocycles. The van der Waals surface area contributed by atoms with E-state index < -0.39 is 6.10 Å². The molecule has 5 heteroatoms. The summed E-state index contributed by atoms with van der Waals surface area (Å²) in [6.07, 6.45) is 0.167. The van der Waals surface area contributed by atoms with E-state index in [0.717, 1.165) is 22.3 Å². The summed E-state index contributed by atoms with van der Waals surface area (Å²) >= 11 is 0. The Morgan fingerprint density at radius 3 is 2.35 bits per heavy atom. The Morgan fingerprint density at radius 1 is 1.00 bits per heavy atom. The molecule has 0 aliphatic heterocycles. The van der Waals surface area contributed by atoms with Crippen molar-refractivity contribution in [2.45, 2.75) is 19.4 Å². The van der Waals surface area contributed by atoms with Gasteiger partial charge in [-0.1, -0.05) is 31.2 Å². The van der Waals surface area contributed by atoms with Crippen LogP contribution in [0.5, 0.6) is 11.5 Å². The number of aromatic nitrogens is 1. The summed E-state index contributed by atoms with van der Waals surface area (Å²) < 4.78 is 5.13. The van der Waals surface area contributed by atoms with Gasteiger partial charge in [0.2, 0.25) is 5.56 Å². The molecule has 134 valence electrons. The molecule has 0 amide bonds. The minimum atomic E-state index is -0.483. The first-order valence-corrected chi connectivity index (χ1v) is 8.42. The fourth-order valence-electron chi connectivity index (χ4n) is 2.84. The lowest BCUT2D eigenvalue weighted by Crippen LogP contribution is -2.06. The number of ether oxygens (including phenoxy) is 1. The topological polar surface area (TPSA) is 82.5 Å². The van der Waals surface area contributed by atoms with Crippen molar-refractivity contribution < 1.29 is 14.9 Å². The predicted octanol–water partition coefficient (Wildman–Crippen LogP) is 3.87. The van der Waals surface area contributed by atoms with Gasteiger partial charge in [0.25, 0.3) is 0 Å². The first kappa shape index (κ1) is 17.8. The van der Waals surface area contributed by atoms with Gasteiger partial charge in [0.05, 0.1) is 13.2 Å². The summed E-state index contributed by atoms with van der Waals surface area (Å²) in [6.45, 7) is 1.92. The minimum absolute atomic E-state index is 0.0415. The van der Waals surface area contributed by atoms with Crippen LogP contribution in [0.2, 0.25) is 0 Å². The van der Waals surface area contributed by atoms with Crippen LogP contribution < -0.4 is 10.3 Å². The average molecular weight is 351 g/mol. The molecule has 1 heterocycles. The summed E-state index contributed by atoms with van der Waals surface area (Å²) in [5.74, 6) is 0.381. The van der Waals surface area contributed by atoms with Crippen molar-refractivity contribution >= 4 is 0 Å². The second kappa shape index (κ2) is 7.45. The number of aromatic amines is 1. The van der Waals surface area contributed by atoms with Crippen LogP contribution in [0.3, 0.4) is 0 Å². The molecular formula is C21H21NO4. The maximum absolute atomic E-state index is 12.1. The molecule has 0 radical (unpaired) electrons. The lowest BCUT2D eigenvalue weighted by molar-refractivity contribution is 0.173. The number of aromatic hydroxyl groups is 1. The Labute approximate surface area is 151 Å². The monoisotopic (exact) mass is 351 g/mol. The maximum Gasteiger partial charge on any atom is 0.249 e. The molecule has 1 atom stereocenters. The molecule has 26 heavy (non-hydrogen) atoms. The van der Waals surface area contributed by atoms with Crippen LogP contribution in [0, 0.1) is 0 Å². The SMILES string of the molecule is CCC(O)c1ccc(-c2cc(-c3ccc(O)c(OC)c3)[nH]c(=O)c2)cc1. The summed E-state index contributed by atoms with van der Waals surface area (Å²) in [6, 6.07) is 15.8.